The van der Waals surface area contributed by atoms with Gasteiger partial charge in [0.15, 0.2) is 5.96 Å². The highest BCUT2D eigenvalue weighted by Gasteiger charge is 2.17. The van der Waals surface area contributed by atoms with Crippen molar-refractivity contribution in [3.05, 3.63) is 17.5 Å². The number of aliphatic imine (C=N–C) groups is 1. The molecule has 1 aromatic rings. The molecular formula is C20H39IN6. The Hall–Kier alpha value is -0.830. The first-order valence-corrected chi connectivity index (χ1v) is 10.2. The van der Waals surface area contributed by atoms with Crippen LogP contribution in [0.5, 0.6) is 0 Å². The van der Waals surface area contributed by atoms with Gasteiger partial charge in [0, 0.05) is 45.0 Å². The zero-order chi connectivity index (χ0) is 18.9. The molecule has 0 spiro atoms. The molecule has 156 valence electrons. The maximum absolute atomic E-state index is 4.55. The molecule has 2 unspecified atom stereocenters. The predicted octanol–water partition coefficient (Wildman–Crippen LogP) is 3.18. The number of aryl methyl sites for hydroxylation is 2. The van der Waals surface area contributed by atoms with Crippen molar-refractivity contribution in [1.82, 2.24) is 25.3 Å². The van der Waals surface area contributed by atoms with Gasteiger partial charge < -0.3 is 15.5 Å². The van der Waals surface area contributed by atoms with Crippen LogP contribution in [0.1, 0.15) is 50.9 Å². The number of hydrogen-bond donors (Lipinski definition) is 2. The molecule has 0 radical (unpaired) electrons. The Morgan fingerprint density at radius 1 is 1.33 bits per heavy atom. The number of hydrogen-bond acceptors (Lipinski definition) is 3. The van der Waals surface area contributed by atoms with Crippen LogP contribution in [0, 0.1) is 19.8 Å². The van der Waals surface area contributed by atoms with Gasteiger partial charge in [-0.3, -0.25) is 9.67 Å². The number of nitrogens with zero attached hydrogens (tertiary/aromatic N) is 4. The zero-order valence-corrected chi connectivity index (χ0v) is 20.1. The second-order valence-electron chi connectivity index (χ2n) is 7.83. The van der Waals surface area contributed by atoms with Crippen LogP contribution in [0.4, 0.5) is 0 Å². The smallest absolute Gasteiger partial charge is 0.190 e. The summed E-state index contributed by atoms with van der Waals surface area (Å²) in [6.07, 6.45) is 5.26. The summed E-state index contributed by atoms with van der Waals surface area (Å²) in [5, 5.41) is 11.4. The first-order valence-electron chi connectivity index (χ1n) is 10.2. The molecular weight excluding hydrogens is 451 g/mol. The molecule has 27 heavy (non-hydrogen) atoms. The Morgan fingerprint density at radius 2 is 2.11 bits per heavy atom. The molecule has 0 aliphatic carbocycles. The van der Waals surface area contributed by atoms with Gasteiger partial charge in [0.2, 0.25) is 0 Å². The van der Waals surface area contributed by atoms with E-state index in [1.165, 1.54) is 38.0 Å². The van der Waals surface area contributed by atoms with Crippen LogP contribution in [0.15, 0.2) is 11.1 Å². The molecule has 1 fully saturated rings. The SMILES string of the molecule is CN=C(NCCCN1CCCCC1C)NCC(C)Cn1nc(C)cc1C.I. The van der Waals surface area contributed by atoms with E-state index in [2.05, 4.69) is 57.1 Å². The van der Waals surface area contributed by atoms with E-state index in [0.29, 0.717) is 5.92 Å². The molecule has 0 saturated carbocycles. The van der Waals surface area contributed by atoms with Gasteiger partial charge in [-0.2, -0.15) is 5.10 Å². The number of nitrogens with one attached hydrogen (secondary N) is 2. The van der Waals surface area contributed by atoms with E-state index in [1.807, 2.05) is 14.0 Å². The van der Waals surface area contributed by atoms with Crippen LogP contribution in [0.3, 0.4) is 0 Å². The summed E-state index contributed by atoms with van der Waals surface area (Å²) < 4.78 is 2.09. The van der Waals surface area contributed by atoms with Crippen LogP contribution in [-0.2, 0) is 6.54 Å². The van der Waals surface area contributed by atoms with Crippen molar-refractivity contribution in [2.45, 2.75) is 66.0 Å². The van der Waals surface area contributed by atoms with Crippen LogP contribution in [0.25, 0.3) is 0 Å². The Kier molecular flexibility index (Phi) is 11.3. The van der Waals surface area contributed by atoms with E-state index in [-0.39, 0.29) is 24.0 Å². The van der Waals surface area contributed by atoms with Crippen molar-refractivity contribution in [2.24, 2.45) is 10.9 Å². The third-order valence-corrected chi connectivity index (χ3v) is 5.28. The third-order valence-electron chi connectivity index (χ3n) is 5.28. The van der Waals surface area contributed by atoms with Gasteiger partial charge in [-0.15, -0.1) is 24.0 Å². The highest BCUT2D eigenvalue weighted by Crippen LogP contribution is 2.16. The number of halogens is 1. The lowest BCUT2D eigenvalue weighted by Crippen LogP contribution is -2.42. The fraction of sp³-hybridized carbons (Fsp3) is 0.800. The lowest BCUT2D eigenvalue weighted by atomic mass is 10.0. The number of guanidine groups is 1. The van der Waals surface area contributed by atoms with E-state index < -0.39 is 0 Å². The molecule has 2 heterocycles. The molecule has 7 heteroatoms. The van der Waals surface area contributed by atoms with Gasteiger partial charge in [-0.25, -0.2) is 0 Å². The van der Waals surface area contributed by atoms with Crippen molar-refractivity contribution in [2.75, 3.05) is 33.2 Å². The Labute approximate surface area is 182 Å². The van der Waals surface area contributed by atoms with E-state index in [1.54, 1.807) is 0 Å². The van der Waals surface area contributed by atoms with Crippen molar-refractivity contribution in [3.8, 4) is 0 Å². The van der Waals surface area contributed by atoms with Crippen LogP contribution >= 0.6 is 24.0 Å². The van der Waals surface area contributed by atoms with E-state index in [9.17, 15) is 0 Å². The summed E-state index contributed by atoms with van der Waals surface area (Å²) in [6, 6.07) is 2.88. The lowest BCUT2D eigenvalue weighted by Gasteiger charge is -2.33. The lowest BCUT2D eigenvalue weighted by molar-refractivity contribution is 0.159. The van der Waals surface area contributed by atoms with E-state index in [4.69, 9.17) is 0 Å². The summed E-state index contributed by atoms with van der Waals surface area (Å²) >= 11 is 0. The average molecular weight is 490 g/mol. The van der Waals surface area contributed by atoms with Crippen molar-refractivity contribution in [1.29, 1.82) is 0 Å². The topological polar surface area (TPSA) is 57.5 Å². The van der Waals surface area contributed by atoms with Gasteiger partial charge in [0.1, 0.15) is 0 Å². The van der Waals surface area contributed by atoms with Gasteiger partial charge in [-0.1, -0.05) is 13.3 Å². The summed E-state index contributed by atoms with van der Waals surface area (Å²) in [6.45, 7) is 14.0. The quantitative estimate of drug-likeness (QED) is 0.255. The number of piperidine rings is 1. The average Bonchev–Trinajstić information content (AvgIpc) is 2.92. The standard InChI is InChI=1S/C20H38N6.HI/c1-16(15-26-19(4)13-17(2)24-26)14-23-20(21-5)22-10-8-12-25-11-7-6-9-18(25)3;/h13,16,18H,6-12,14-15H2,1-5H3,(H2,21,22,23);1H. The Morgan fingerprint density at radius 3 is 2.74 bits per heavy atom. The summed E-state index contributed by atoms with van der Waals surface area (Å²) in [5.41, 5.74) is 2.31. The monoisotopic (exact) mass is 490 g/mol. The molecule has 0 amide bonds. The van der Waals surface area contributed by atoms with Gasteiger partial charge >= 0.3 is 0 Å². The number of aromatic nitrogens is 2. The van der Waals surface area contributed by atoms with Crippen LogP contribution in [-0.4, -0.2) is 59.9 Å². The fourth-order valence-corrected chi connectivity index (χ4v) is 3.69. The summed E-state index contributed by atoms with van der Waals surface area (Å²) in [5.74, 6) is 1.39. The molecule has 2 rings (SSSR count). The molecule has 0 aromatic carbocycles. The fourth-order valence-electron chi connectivity index (χ4n) is 3.69. The molecule has 2 atom stereocenters. The summed E-state index contributed by atoms with van der Waals surface area (Å²) in [4.78, 5) is 6.97. The summed E-state index contributed by atoms with van der Waals surface area (Å²) in [7, 11) is 1.84. The Bertz CT molecular complexity index is 571. The molecule has 1 aromatic heterocycles. The van der Waals surface area contributed by atoms with E-state index >= 15 is 0 Å². The van der Waals surface area contributed by atoms with Crippen LogP contribution in [0.2, 0.25) is 0 Å². The molecule has 6 nitrogen and oxygen atoms in total. The van der Waals surface area contributed by atoms with E-state index in [0.717, 1.165) is 43.8 Å². The first kappa shape index (κ1) is 24.2. The van der Waals surface area contributed by atoms with Crippen LogP contribution < -0.4 is 10.6 Å². The zero-order valence-electron chi connectivity index (χ0n) is 17.8. The second-order valence-corrected chi connectivity index (χ2v) is 7.83. The molecule has 0 bridgehead atoms. The molecule has 2 N–H and O–H groups in total. The minimum atomic E-state index is 0. The highest BCUT2D eigenvalue weighted by molar-refractivity contribution is 14.0. The molecule has 1 aliphatic heterocycles. The maximum Gasteiger partial charge on any atom is 0.190 e. The largest absolute Gasteiger partial charge is 0.356 e. The van der Waals surface area contributed by atoms with Crippen molar-refractivity contribution < 1.29 is 0 Å². The van der Waals surface area contributed by atoms with Crippen molar-refractivity contribution >= 4 is 29.9 Å². The highest BCUT2D eigenvalue weighted by atomic mass is 127. The van der Waals surface area contributed by atoms with Crippen molar-refractivity contribution in [3.63, 3.8) is 0 Å². The first-order chi connectivity index (χ1) is 12.5. The normalized spacial score (nSPS) is 19.4. The Balaban J connectivity index is 0.00000364. The number of likely N-dealkylation sites (tertiary alicyclic amines) is 1. The molecule has 1 saturated heterocycles. The van der Waals surface area contributed by atoms with Gasteiger partial charge in [-0.05, 0) is 58.6 Å². The minimum absolute atomic E-state index is 0. The predicted molar refractivity (Wildman–Crippen MR) is 125 cm³/mol. The maximum atomic E-state index is 4.55. The number of rotatable bonds is 8. The van der Waals surface area contributed by atoms with Gasteiger partial charge in [0.05, 0.1) is 5.69 Å². The molecule has 1 aliphatic rings. The second kappa shape index (κ2) is 12.6. The third kappa shape index (κ3) is 8.37. The minimum Gasteiger partial charge on any atom is -0.356 e. The van der Waals surface area contributed by atoms with Gasteiger partial charge in [0.25, 0.3) is 0 Å².